The highest BCUT2D eigenvalue weighted by molar-refractivity contribution is 7.99. The molecule has 1 aliphatic heterocycles. The third-order valence-electron chi connectivity index (χ3n) is 4.04. The summed E-state index contributed by atoms with van der Waals surface area (Å²) in [4.78, 5) is 7.26. The van der Waals surface area contributed by atoms with Crippen LogP contribution in [0.4, 0.5) is 5.82 Å². The van der Waals surface area contributed by atoms with E-state index in [1.54, 1.807) is 0 Å². The molecular weight excluding hydrogens is 278 g/mol. The van der Waals surface area contributed by atoms with E-state index in [-0.39, 0.29) is 5.54 Å². The summed E-state index contributed by atoms with van der Waals surface area (Å²) in [6, 6.07) is 2.82. The van der Waals surface area contributed by atoms with Gasteiger partial charge in [-0.25, -0.2) is 4.98 Å². The predicted octanol–water partition coefficient (Wildman–Crippen LogP) is 3.53. The highest BCUT2D eigenvalue weighted by Gasteiger charge is 2.24. The summed E-state index contributed by atoms with van der Waals surface area (Å²) in [7, 11) is 2.21. The summed E-state index contributed by atoms with van der Waals surface area (Å²) in [5.41, 5.74) is 3.91. The minimum absolute atomic E-state index is 0.121. The zero-order valence-electron chi connectivity index (χ0n) is 14.3. The van der Waals surface area contributed by atoms with E-state index in [1.807, 2.05) is 0 Å². The molecule has 1 unspecified atom stereocenters. The molecule has 1 aromatic rings. The van der Waals surface area contributed by atoms with Crippen LogP contribution in [0.15, 0.2) is 6.07 Å². The molecular formula is C17H29N3S. The first-order valence-corrected chi connectivity index (χ1v) is 8.96. The molecule has 0 bridgehead atoms. The highest BCUT2D eigenvalue weighted by atomic mass is 32.2. The zero-order chi connectivity index (χ0) is 15.6. The number of hydrogen-bond acceptors (Lipinski definition) is 4. The molecule has 1 aliphatic rings. The smallest absolute Gasteiger partial charge is 0.133 e. The van der Waals surface area contributed by atoms with Crippen molar-refractivity contribution in [2.45, 2.75) is 59.2 Å². The molecule has 21 heavy (non-hydrogen) atoms. The topological polar surface area (TPSA) is 28.2 Å². The Morgan fingerprint density at radius 2 is 2.10 bits per heavy atom. The lowest BCUT2D eigenvalue weighted by Gasteiger charge is -2.29. The molecule has 118 valence electrons. The number of nitrogens with one attached hydrogen (secondary N) is 1. The van der Waals surface area contributed by atoms with Crippen molar-refractivity contribution in [3.8, 4) is 0 Å². The second-order valence-corrected chi connectivity index (χ2v) is 8.26. The molecule has 1 aromatic heterocycles. The largest absolute Gasteiger partial charge is 0.356 e. The van der Waals surface area contributed by atoms with Crippen molar-refractivity contribution < 1.29 is 0 Å². The number of nitrogens with zero attached hydrogens (tertiary/aromatic N) is 2. The van der Waals surface area contributed by atoms with E-state index < -0.39 is 0 Å². The molecule has 3 nitrogen and oxygen atoms in total. The van der Waals surface area contributed by atoms with Crippen LogP contribution in [0.1, 0.15) is 44.0 Å². The number of thioether (sulfide) groups is 1. The van der Waals surface area contributed by atoms with Crippen LogP contribution >= 0.6 is 11.8 Å². The third-order valence-corrected chi connectivity index (χ3v) is 5.18. The van der Waals surface area contributed by atoms with Crippen LogP contribution in [-0.2, 0) is 6.54 Å². The van der Waals surface area contributed by atoms with E-state index in [1.165, 1.54) is 29.1 Å². The molecule has 2 heterocycles. The molecule has 0 saturated carbocycles. The van der Waals surface area contributed by atoms with E-state index in [0.717, 1.165) is 18.1 Å². The number of pyridine rings is 1. The maximum atomic E-state index is 4.86. The Bertz CT molecular complexity index is 488. The Morgan fingerprint density at radius 3 is 2.67 bits per heavy atom. The van der Waals surface area contributed by atoms with Crippen LogP contribution < -0.4 is 10.2 Å². The van der Waals surface area contributed by atoms with Gasteiger partial charge in [-0.15, -0.1) is 0 Å². The SMILES string of the molecule is Cc1cc(C)c(CNC(C)(C)C)c(N(C)C2CCSC2)n1. The molecule has 0 aromatic carbocycles. The summed E-state index contributed by atoms with van der Waals surface area (Å²) in [6.45, 7) is 11.8. The lowest BCUT2D eigenvalue weighted by Crippen LogP contribution is -2.37. The lowest BCUT2D eigenvalue weighted by molar-refractivity contribution is 0.423. The van der Waals surface area contributed by atoms with Gasteiger partial charge in [0, 0.05) is 42.2 Å². The van der Waals surface area contributed by atoms with Gasteiger partial charge in [0.2, 0.25) is 0 Å². The Labute approximate surface area is 133 Å². The number of aryl methyl sites for hydroxylation is 2. The molecule has 4 heteroatoms. The van der Waals surface area contributed by atoms with E-state index >= 15 is 0 Å². The van der Waals surface area contributed by atoms with Crippen LogP contribution in [0.2, 0.25) is 0 Å². The fourth-order valence-electron chi connectivity index (χ4n) is 2.71. The molecule has 1 saturated heterocycles. The number of rotatable bonds is 4. The quantitative estimate of drug-likeness (QED) is 0.921. The van der Waals surface area contributed by atoms with Gasteiger partial charge in [-0.05, 0) is 58.4 Å². The monoisotopic (exact) mass is 307 g/mol. The van der Waals surface area contributed by atoms with Crippen molar-refractivity contribution in [3.63, 3.8) is 0 Å². The van der Waals surface area contributed by atoms with Gasteiger partial charge in [0.1, 0.15) is 5.82 Å². The second-order valence-electron chi connectivity index (χ2n) is 7.11. The first kappa shape index (κ1) is 16.6. The van der Waals surface area contributed by atoms with Crippen molar-refractivity contribution in [1.29, 1.82) is 0 Å². The summed E-state index contributed by atoms with van der Waals surface area (Å²) in [5, 5.41) is 3.61. The van der Waals surface area contributed by atoms with Gasteiger partial charge in [0.25, 0.3) is 0 Å². The average Bonchev–Trinajstić information content (AvgIpc) is 2.88. The van der Waals surface area contributed by atoms with E-state index in [9.17, 15) is 0 Å². The molecule has 1 N–H and O–H groups in total. The minimum Gasteiger partial charge on any atom is -0.356 e. The van der Waals surface area contributed by atoms with Gasteiger partial charge in [-0.3, -0.25) is 0 Å². The normalized spacial score (nSPS) is 19.0. The van der Waals surface area contributed by atoms with Gasteiger partial charge in [0.05, 0.1) is 0 Å². The van der Waals surface area contributed by atoms with Crippen molar-refractivity contribution in [2.24, 2.45) is 0 Å². The standard InChI is InChI=1S/C17H29N3S/c1-12-9-13(2)19-16(15(12)10-18-17(3,4)5)20(6)14-7-8-21-11-14/h9,14,18H,7-8,10-11H2,1-6H3. The molecule has 0 amide bonds. The minimum atomic E-state index is 0.121. The second kappa shape index (κ2) is 6.57. The van der Waals surface area contributed by atoms with Gasteiger partial charge in [-0.1, -0.05) is 0 Å². The third kappa shape index (κ3) is 4.36. The van der Waals surface area contributed by atoms with Crippen LogP contribution in [0, 0.1) is 13.8 Å². The van der Waals surface area contributed by atoms with Gasteiger partial charge < -0.3 is 10.2 Å². The molecule has 1 atom stereocenters. The maximum Gasteiger partial charge on any atom is 0.133 e. The van der Waals surface area contributed by atoms with E-state index in [0.29, 0.717) is 6.04 Å². The fraction of sp³-hybridized carbons (Fsp3) is 0.706. The maximum absolute atomic E-state index is 4.86. The van der Waals surface area contributed by atoms with Crippen LogP contribution in [0.25, 0.3) is 0 Å². The molecule has 0 spiro atoms. The van der Waals surface area contributed by atoms with Crippen molar-refractivity contribution >= 4 is 17.6 Å². The van der Waals surface area contributed by atoms with Crippen LogP contribution in [0.5, 0.6) is 0 Å². The van der Waals surface area contributed by atoms with Gasteiger partial charge >= 0.3 is 0 Å². The number of hydrogen-bond donors (Lipinski definition) is 1. The summed E-state index contributed by atoms with van der Waals surface area (Å²) < 4.78 is 0. The Kier molecular flexibility index (Phi) is 5.20. The van der Waals surface area contributed by atoms with Crippen LogP contribution in [0.3, 0.4) is 0 Å². The van der Waals surface area contributed by atoms with Gasteiger partial charge in [0.15, 0.2) is 0 Å². The molecule has 2 rings (SSSR count). The molecule has 0 aliphatic carbocycles. The average molecular weight is 308 g/mol. The van der Waals surface area contributed by atoms with E-state index in [2.05, 4.69) is 69.7 Å². The summed E-state index contributed by atoms with van der Waals surface area (Å²) in [6.07, 6.45) is 1.27. The number of aromatic nitrogens is 1. The Balaban J connectivity index is 2.29. The van der Waals surface area contributed by atoms with Crippen molar-refractivity contribution in [3.05, 3.63) is 22.9 Å². The lowest BCUT2D eigenvalue weighted by atomic mass is 10.0. The number of anilines is 1. The van der Waals surface area contributed by atoms with Gasteiger partial charge in [-0.2, -0.15) is 11.8 Å². The first-order valence-electron chi connectivity index (χ1n) is 7.80. The highest BCUT2D eigenvalue weighted by Crippen LogP contribution is 2.29. The van der Waals surface area contributed by atoms with E-state index in [4.69, 9.17) is 4.98 Å². The molecule has 0 radical (unpaired) electrons. The van der Waals surface area contributed by atoms with Crippen molar-refractivity contribution in [1.82, 2.24) is 10.3 Å². The summed E-state index contributed by atoms with van der Waals surface area (Å²) >= 11 is 2.05. The Hall–Kier alpha value is -0.740. The molecule has 1 fully saturated rings. The predicted molar refractivity (Wildman–Crippen MR) is 94.4 cm³/mol. The first-order chi connectivity index (χ1) is 9.78. The van der Waals surface area contributed by atoms with Crippen LogP contribution in [-0.4, -0.2) is 35.1 Å². The van der Waals surface area contributed by atoms with Crippen molar-refractivity contribution in [2.75, 3.05) is 23.5 Å². The fourth-order valence-corrected chi connectivity index (χ4v) is 3.98. The zero-order valence-corrected chi connectivity index (χ0v) is 15.1. The summed E-state index contributed by atoms with van der Waals surface area (Å²) in [5.74, 6) is 3.66. The Morgan fingerprint density at radius 1 is 1.38 bits per heavy atom.